The maximum atomic E-state index is 12.2. The summed E-state index contributed by atoms with van der Waals surface area (Å²) in [4.78, 5) is 12.2. The second kappa shape index (κ2) is 7.52. The fraction of sp³-hybridized carbons (Fsp3) is 0.611. The third-order valence-electron chi connectivity index (χ3n) is 4.00. The Morgan fingerprint density at radius 2 is 1.77 bits per heavy atom. The summed E-state index contributed by atoms with van der Waals surface area (Å²) in [5.41, 5.74) is 8.04. The van der Waals surface area contributed by atoms with Crippen molar-refractivity contribution in [2.45, 2.75) is 60.5 Å². The van der Waals surface area contributed by atoms with Crippen LogP contribution in [0.15, 0.2) is 12.1 Å². The number of ether oxygens (including phenoxy) is 2. The average molecular weight is 307 g/mol. The van der Waals surface area contributed by atoms with E-state index >= 15 is 0 Å². The molecule has 0 aliphatic heterocycles. The first-order valence-electron chi connectivity index (χ1n) is 7.94. The van der Waals surface area contributed by atoms with Crippen molar-refractivity contribution in [3.8, 4) is 5.75 Å². The maximum absolute atomic E-state index is 12.2. The van der Waals surface area contributed by atoms with Gasteiger partial charge in [0.15, 0.2) is 0 Å². The molecule has 22 heavy (non-hydrogen) atoms. The Balaban J connectivity index is 3.04. The summed E-state index contributed by atoms with van der Waals surface area (Å²) in [6.07, 6.45) is 1.48. The van der Waals surface area contributed by atoms with Gasteiger partial charge in [-0.2, -0.15) is 0 Å². The van der Waals surface area contributed by atoms with Crippen LogP contribution in [0.25, 0.3) is 0 Å². The number of esters is 1. The van der Waals surface area contributed by atoms with Gasteiger partial charge >= 0.3 is 5.97 Å². The topological polar surface area (TPSA) is 61.5 Å². The molecule has 0 aliphatic rings. The van der Waals surface area contributed by atoms with E-state index in [9.17, 15) is 4.79 Å². The predicted octanol–water partition coefficient (Wildman–Crippen LogP) is 4.02. The van der Waals surface area contributed by atoms with E-state index in [-0.39, 0.29) is 12.1 Å². The van der Waals surface area contributed by atoms with Crippen LogP contribution >= 0.6 is 0 Å². The van der Waals surface area contributed by atoms with E-state index in [1.807, 2.05) is 46.8 Å². The number of carbonyl (C=O) groups is 1. The first-order chi connectivity index (χ1) is 10.2. The van der Waals surface area contributed by atoms with Crippen LogP contribution in [-0.2, 0) is 9.53 Å². The average Bonchev–Trinajstić information content (AvgIpc) is 2.44. The number of anilines is 1. The molecule has 1 rings (SSSR count). The van der Waals surface area contributed by atoms with Gasteiger partial charge in [-0.25, -0.2) is 0 Å². The minimum Gasteiger partial charge on any atom is -0.489 e. The van der Waals surface area contributed by atoms with Gasteiger partial charge in [0, 0.05) is 5.69 Å². The van der Waals surface area contributed by atoms with Crippen molar-refractivity contribution < 1.29 is 14.3 Å². The van der Waals surface area contributed by atoms with Crippen LogP contribution in [0.1, 0.15) is 51.7 Å². The van der Waals surface area contributed by atoms with E-state index < -0.39 is 5.41 Å². The highest BCUT2D eigenvalue weighted by molar-refractivity contribution is 5.76. The first-order valence-corrected chi connectivity index (χ1v) is 7.94. The molecular formula is C18H29NO3. The summed E-state index contributed by atoms with van der Waals surface area (Å²) in [6, 6.07) is 3.85. The predicted molar refractivity (Wildman–Crippen MR) is 90.1 cm³/mol. The van der Waals surface area contributed by atoms with Crippen molar-refractivity contribution in [3.05, 3.63) is 23.3 Å². The van der Waals surface area contributed by atoms with Crippen LogP contribution in [-0.4, -0.2) is 18.7 Å². The molecule has 0 radical (unpaired) electrons. The van der Waals surface area contributed by atoms with Crippen molar-refractivity contribution >= 4 is 11.7 Å². The van der Waals surface area contributed by atoms with Crippen LogP contribution in [0.2, 0.25) is 0 Å². The zero-order valence-electron chi connectivity index (χ0n) is 14.7. The van der Waals surface area contributed by atoms with Crippen molar-refractivity contribution in [1.29, 1.82) is 0 Å². The van der Waals surface area contributed by atoms with Crippen LogP contribution in [0.5, 0.6) is 5.75 Å². The number of aryl methyl sites for hydroxylation is 2. The summed E-state index contributed by atoms with van der Waals surface area (Å²) in [5.74, 6) is 0.525. The third-order valence-corrected chi connectivity index (χ3v) is 4.00. The molecule has 2 N–H and O–H groups in total. The Kier molecular flexibility index (Phi) is 6.27. The highest BCUT2D eigenvalue weighted by atomic mass is 16.5. The minimum absolute atomic E-state index is 0.225. The lowest BCUT2D eigenvalue weighted by Gasteiger charge is -2.32. The second-order valence-electron chi connectivity index (χ2n) is 6.31. The molecule has 1 unspecified atom stereocenters. The van der Waals surface area contributed by atoms with Crippen molar-refractivity contribution in [1.82, 2.24) is 0 Å². The zero-order chi connectivity index (χ0) is 16.9. The lowest BCUT2D eigenvalue weighted by atomic mass is 9.84. The molecule has 124 valence electrons. The fourth-order valence-electron chi connectivity index (χ4n) is 2.45. The molecule has 0 amide bonds. The molecule has 0 saturated heterocycles. The largest absolute Gasteiger partial charge is 0.489 e. The molecule has 0 heterocycles. The van der Waals surface area contributed by atoms with Gasteiger partial charge in [0.05, 0.1) is 12.0 Å². The van der Waals surface area contributed by atoms with Gasteiger partial charge in [-0.3, -0.25) is 4.79 Å². The van der Waals surface area contributed by atoms with E-state index in [1.165, 1.54) is 0 Å². The lowest BCUT2D eigenvalue weighted by Crippen LogP contribution is -2.42. The quantitative estimate of drug-likeness (QED) is 0.610. The van der Waals surface area contributed by atoms with Crippen LogP contribution in [0, 0.1) is 19.3 Å². The van der Waals surface area contributed by atoms with Crippen LogP contribution < -0.4 is 10.5 Å². The summed E-state index contributed by atoms with van der Waals surface area (Å²) in [6.45, 7) is 11.9. The number of hydrogen-bond donors (Lipinski definition) is 1. The highest BCUT2D eigenvalue weighted by Gasteiger charge is 2.39. The third kappa shape index (κ3) is 4.15. The molecule has 0 saturated carbocycles. The molecule has 1 aromatic carbocycles. The maximum Gasteiger partial charge on any atom is 0.315 e. The smallest absolute Gasteiger partial charge is 0.315 e. The van der Waals surface area contributed by atoms with E-state index in [4.69, 9.17) is 15.2 Å². The lowest BCUT2D eigenvalue weighted by molar-refractivity contribution is -0.159. The standard InChI is InChI=1S/C18H29NO3/c1-7-9-15(18(5,6)17(20)21-8-2)22-14-10-12(3)16(19)13(4)11-14/h10-11,15H,7-9,19H2,1-6H3. The number of carbonyl (C=O) groups excluding carboxylic acids is 1. The normalized spacial score (nSPS) is 12.8. The van der Waals surface area contributed by atoms with E-state index in [2.05, 4.69) is 6.92 Å². The molecule has 0 aliphatic carbocycles. The molecule has 1 atom stereocenters. The Morgan fingerprint density at radius 1 is 1.23 bits per heavy atom. The molecule has 4 heteroatoms. The first kappa shape index (κ1) is 18.3. The molecule has 0 spiro atoms. The summed E-state index contributed by atoms with van der Waals surface area (Å²) in [5, 5.41) is 0. The molecule has 0 aromatic heterocycles. The second-order valence-corrected chi connectivity index (χ2v) is 6.31. The number of hydrogen-bond acceptors (Lipinski definition) is 4. The van der Waals surface area contributed by atoms with Gasteiger partial charge in [-0.1, -0.05) is 13.3 Å². The number of rotatable bonds is 7. The monoisotopic (exact) mass is 307 g/mol. The molecule has 0 bridgehead atoms. The summed E-state index contributed by atoms with van der Waals surface area (Å²) < 4.78 is 11.3. The highest BCUT2D eigenvalue weighted by Crippen LogP contribution is 2.32. The molecule has 0 fully saturated rings. The van der Waals surface area contributed by atoms with Crippen molar-refractivity contribution in [3.63, 3.8) is 0 Å². The SMILES string of the molecule is CCCC(Oc1cc(C)c(N)c(C)c1)C(C)(C)C(=O)OCC. The summed E-state index contributed by atoms with van der Waals surface area (Å²) >= 11 is 0. The number of benzene rings is 1. The van der Waals surface area contributed by atoms with E-state index in [0.717, 1.165) is 35.4 Å². The summed E-state index contributed by atoms with van der Waals surface area (Å²) in [7, 11) is 0. The number of nitrogens with two attached hydrogens (primary N) is 1. The Hall–Kier alpha value is -1.71. The van der Waals surface area contributed by atoms with E-state index in [1.54, 1.807) is 0 Å². The van der Waals surface area contributed by atoms with Crippen LogP contribution in [0.4, 0.5) is 5.69 Å². The van der Waals surface area contributed by atoms with Crippen molar-refractivity contribution in [2.75, 3.05) is 12.3 Å². The van der Waals surface area contributed by atoms with Crippen LogP contribution in [0.3, 0.4) is 0 Å². The fourth-order valence-corrected chi connectivity index (χ4v) is 2.45. The molecule has 4 nitrogen and oxygen atoms in total. The Morgan fingerprint density at radius 3 is 2.23 bits per heavy atom. The molecule has 1 aromatic rings. The van der Waals surface area contributed by atoms with Gasteiger partial charge in [-0.05, 0) is 64.3 Å². The Labute approximate surface area is 134 Å². The van der Waals surface area contributed by atoms with Crippen molar-refractivity contribution in [2.24, 2.45) is 5.41 Å². The minimum atomic E-state index is -0.699. The van der Waals surface area contributed by atoms with Gasteiger partial charge in [-0.15, -0.1) is 0 Å². The van der Waals surface area contributed by atoms with Gasteiger partial charge in [0.1, 0.15) is 11.9 Å². The van der Waals surface area contributed by atoms with E-state index in [0.29, 0.717) is 6.61 Å². The van der Waals surface area contributed by atoms with Gasteiger partial charge in [0.2, 0.25) is 0 Å². The molecular weight excluding hydrogens is 278 g/mol. The van der Waals surface area contributed by atoms with Gasteiger partial charge in [0.25, 0.3) is 0 Å². The Bertz CT molecular complexity index is 500. The zero-order valence-corrected chi connectivity index (χ0v) is 14.7. The number of nitrogen functional groups attached to an aromatic ring is 1. The van der Waals surface area contributed by atoms with Gasteiger partial charge < -0.3 is 15.2 Å².